The lowest BCUT2D eigenvalue weighted by molar-refractivity contribution is -0.130. The van der Waals surface area contributed by atoms with E-state index < -0.39 is 0 Å². The minimum absolute atomic E-state index is 0.182. The fourth-order valence-electron chi connectivity index (χ4n) is 2.30. The summed E-state index contributed by atoms with van der Waals surface area (Å²) in [6.07, 6.45) is 2.20. The summed E-state index contributed by atoms with van der Waals surface area (Å²) in [6.45, 7) is 1.67. The molecule has 1 aliphatic heterocycles. The minimum Gasteiger partial charge on any atom is -0.399 e. The first-order valence-corrected chi connectivity index (χ1v) is 6.42. The molecule has 1 saturated heterocycles. The van der Waals surface area contributed by atoms with Crippen LogP contribution in [0.2, 0.25) is 0 Å². The monoisotopic (exact) mass is 248 g/mol. The van der Waals surface area contributed by atoms with Gasteiger partial charge in [-0.25, -0.2) is 0 Å². The molecule has 0 saturated carbocycles. The highest BCUT2D eigenvalue weighted by atomic mass is 16.3. The Balaban J connectivity index is 1.80. The molecule has 1 amide bonds. The Hall–Kier alpha value is -1.55. The SMILES string of the molecule is Nc1ccc(CCC(=O)N2CCC(CO)C2)cc1. The van der Waals surface area contributed by atoms with Gasteiger partial charge in [0.1, 0.15) is 0 Å². The molecule has 2 rings (SSSR count). The number of anilines is 1. The lowest BCUT2D eigenvalue weighted by atomic mass is 10.1. The molecule has 18 heavy (non-hydrogen) atoms. The lowest BCUT2D eigenvalue weighted by Crippen LogP contribution is -2.29. The molecular formula is C14H20N2O2. The number of rotatable bonds is 4. The van der Waals surface area contributed by atoms with Crippen molar-refractivity contribution in [3.8, 4) is 0 Å². The van der Waals surface area contributed by atoms with Crippen LogP contribution in [-0.4, -0.2) is 35.6 Å². The summed E-state index contributed by atoms with van der Waals surface area (Å²) in [5, 5.41) is 9.05. The first-order valence-electron chi connectivity index (χ1n) is 6.42. The zero-order chi connectivity index (χ0) is 13.0. The van der Waals surface area contributed by atoms with Crippen molar-refractivity contribution in [2.45, 2.75) is 19.3 Å². The average Bonchev–Trinajstić information content (AvgIpc) is 2.86. The number of carbonyl (C=O) groups is 1. The molecular weight excluding hydrogens is 228 g/mol. The second-order valence-electron chi connectivity index (χ2n) is 4.92. The van der Waals surface area contributed by atoms with Crippen LogP contribution >= 0.6 is 0 Å². The number of aryl methyl sites for hydroxylation is 1. The molecule has 0 spiro atoms. The number of benzene rings is 1. The van der Waals surface area contributed by atoms with Gasteiger partial charge in [0.05, 0.1) is 0 Å². The van der Waals surface area contributed by atoms with Crippen LogP contribution < -0.4 is 5.73 Å². The summed E-state index contributed by atoms with van der Waals surface area (Å²) in [5.41, 5.74) is 7.49. The van der Waals surface area contributed by atoms with Crippen LogP contribution in [-0.2, 0) is 11.2 Å². The maximum Gasteiger partial charge on any atom is 0.222 e. The summed E-state index contributed by atoms with van der Waals surface area (Å²) < 4.78 is 0. The predicted molar refractivity (Wildman–Crippen MR) is 70.9 cm³/mol. The molecule has 1 heterocycles. The van der Waals surface area contributed by atoms with Gasteiger partial charge in [-0.3, -0.25) is 4.79 Å². The van der Waals surface area contributed by atoms with E-state index in [0.29, 0.717) is 13.0 Å². The maximum absolute atomic E-state index is 12.0. The lowest BCUT2D eigenvalue weighted by Gasteiger charge is -2.16. The standard InChI is InChI=1S/C14H20N2O2/c15-13-4-1-11(2-5-13)3-6-14(18)16-8-7-12(9-16)10-17/h1-2,4-5,12,17H,3,6-10,15H2. The highest BCUT2D eigenvalue weighted by molar-refractivity contribution is 5.76. The molecule has 1 aromatic carbocycles. The third-order valence-corrected chi connectivity index (χ3v) is 3.50. The average molecular weight is 248 g/mol. The summed E-state index contributed by atoms with van der Waals surface area (Å²) in [4.78, 5) is 13.8. The molecule has 1 aromatic rings. The Morgan fingerprint density at radius 1 is 1.39 bits per heavy atom. The van der Waals surface area contributed by atoms with Crippen molar-refractivity contribution in [2.24, 2.45) is 5.92 Å². The van der Waals surface area contributed by atoms with Crippen LogP contribution in [0, 0.1) is 5.92 Å². The quantitative estimate of drug-likeness (QED) is 0.782. The molecule has 98 valence electrons. The summed E-state index contributed by atoms with van der Waals surface area (Å²) >= 11 is 0. The zero-order valence-electron chi connectivity index (χ0n) is 10.5. The molecule has 1 unspecified atom stereocenters. The van der Waals surface area contributed by atoms with Crippen molar-refractivity contribution >= 4 is 11.6 Å². The number of amides is 1. The molecule has 1 atom stereocenters. The third-order valence-electron chi connectivity index (χ3n) is 3.50. The van der Waals surface area contributed by atoms with E-state index in [2.05, 4.69) is 0 Å². The van der Waals surface area contributed by atoms with Gasteiger partial charge < -0.3 is 15.7 Å². The van der Waals surface area contributed by atoms with Gasteiger partial charge in [0.2, 0.25) is 5.91 Å². The van der Waals surface area contributed by atoms with Gasteiger partial charge in [0.15, 0.2) is 0 Å². The van der Waals surface area contributed by atoms with E-state index in [-0.39, 0.29) is 18.4 Å². The van der Waals surface area contributed by atoms with Crippen LogP contribution in [0.5, 0.6) is 0 Å². The van der Waals surface area contributed by atoms with E-state index in [0.717, 1.165) is 30.6 Å². The van der Waals surface area contributed by atoms with Crippen LogP contribution in [0.4, 0.5) is 5.69 Å². The van der Waals surface area contributed by atoms with Crippen molar-refractivity contribution in [3.63, 3.8) is 0 Å². The maximum atomic E-state index is 12.0. The molecule has 3 N–H and O–H groups in total. The fraction of sp³-hybridized carbons (Fsp3) is 0.500. The second-order valence-corrected chi connectivity index (χ2v) is 4.92. The van der Waals surface area contributed by atoms with Crippen molar-refractivity contribution in [3.05, 3.63) is 29.8 Å². The van der Waals surface area contributed by atoms with Gasteiger partial charge in [-0.2, -0.15) is 0 Å². The van der Waals surface area contributed by atoms with Gasteiger partial charge in [0, 0.05) is 37.7 Å². The highest BCUT2D eigenvalue weighted by Crippen LogP contribution is 2.17. The minimum atomic E-state index is 0.182. The molecule has 1 fully saturated rings. The van der Waals surface area contributed by atoms with Crippen LogP contribution in [0.3, 0.4) is 0 Å². The van der Waals surface area contributed by atoms with Gasteiger partial charge in [0.25, 0.3) is 0 Å². The van der Waals surface area contributed by atoms with E-state index in [9.17, 15) is 4.79 Å². The molecule has 0 bridgehead atoms. The summed E-state index contributed by atoms with van der Waals surface area (Å²) in [6, 6.07) is 7.64. The predicted octanol–water partition coefficient (Wildman–Crippen LogP) is 1.04. The smallest absolute Gasteiger partial charge is 0.222 e. The number of likely N-dealkylation sites (tertiary alicyclic amines) is 1. The van der Waals surface area contributed by atoms with Crippen LogP contribution in [0.1, 0.15) is 18.4 Å². The number of hydrogen-bond acceptors (Lipinski definition) is 3. The van der Waals surface area contributed by atoms with Crippen molar-refractivity contribution in [2.75, 3.05) is 25.4 Å². The Kier molecular flexibility index (Phi) is 4.20. The Morgan fingerprint density at radius 2 is 2.11 bits per heavy atom. The first kappa shape index (κ1) is 12.9. The van der Waals surface area contributed by atoms with E-state index in [1.807, 2.05) is 29.2 Å². The van der Waals surface area contributed by atoms with Gasteiger partial charge in [-0.15, -0.1) is 0 Å². The van der Waals surface area contributed by atoms with E-state index in [4.69, 9.17) is 10.8 Å². The topological polar surface area (TPSA) is 66.6 Å². The zero-order valence-corrected chi connectivity index (χ0v) is 10.5. The normalized spacial score (nSPS) is 19.2. The van der Waals surface area contributed by atoms with Gasteiger partial charge in [-0.1, -0.05) is 12.1 Å². The largest absolute Gasteiger partial charge is 0.399 e. The van der Waals surface area contributed by atoms with E-state index in [1.54, 1.807) is 0 Å². The van der Waals surface area contributed by atoms with E-state index >= 15 is 0 Å². The summed E-state index contributed by atoms with van der Waals surface area (Å²) in [7, 11) is 0. The highest BCUT2D eigenvalue weighted by Gasteiger charge is 2.24. The Bertz CT molecular complexity index is 403. The van der Waals surface area contributed by atoms with Gasteiger partial charge in [-0.05, 0) is 30.5 Å². The van der Waals surface area contributed by atoms with Crippen LogP contribution in [0.15, 0.2) is 24.3 Å². The number of nitrogens with zero attached hydrogens (tertiary/aromatic N) is 1. The number of aliphatic hydroxyl groups is 1. The molecule has 0 aliphatic carbocycles. The number of carbonyl (C=O) groups excluding carboxylic acids is 1. The summed E-state index contributed by atoms with van der Waals surface area (Å²) in [5.74, 6) is 0.452. The number of nitrogens with two attached hydrogens (primary N) is 1. The van der Waals surface area contributed by atoms with Crippen molar-refractivity contribution < 1.29 is 9.90 Å². The van der Waals surface area contributed by atoms with Crippen molar-refractivity contribution in [1.82, 2.24) is 4.90 Å². The molecule has 4 nitrogen and oxygen atoms in total. The molecule has 4 heteroatoms. The first-order chi connectivity index (χ1) is 8.69. The number of hydrogen-bond donors (Lipinski definition) is 2. The Labute approximate surface area is 107 Å². The van der Waals surface area contributed by atoms with Crippen molar-refractivity contribution in [1.29, 1.82) is 0 Å². The van der Waals surface area contributed by atoms with E-state index in [1.165, 1.54) is 0 Å². The number of nitrogen functional groups attached to an aromatic ring is 1. The molecule has 0 aromatic heterocycles. The van der Waals surface area contributed by atoms with Gasteiger partial charge >= 0.3 is 0 Å². The molecule has 1 aliphatic rings. The van der Waals surface area contributed by atoms with Crippen LogP contribution in [0.25, 0.3) is 0 Å². The third kappa shape index (κ3) is 3.23. The molecule has 0 radical (unpaired) electrons. The number of aliphatic hydroxyl groups excluding tert-OH is 1. The second kappa shape index (κ2) is 5.87. The Morgan fingerprint density at radius 3 is 2.72 bits per heavy atom. The fourth-order valence-corrected chi connectivity index (χ4v) is 2.30.